The fourth-order valence-corrected chi connectivity index (χ4v) is 2.63. The fourth-order valence-electron chi connectivity index (χ4n) is 2.63. The molecular weight excluding hydrogens is 343 g/mol. The van der Waals surface area contributed by atoms with Crippen molar-refractivity contribution in [2.24, 2.45) is 0 Å². The molecule has 0 aliphatic heterocycles. The smallest absolute Gasteiger partial charge is 0.423 e. The van der Waals surface area contributed by atoms with Gasteiger partial charge in [0.2, 0.25) is 0 Å². The summed E-state index contributed by atoms with van der Waals surface area (Å²) < 4.78 is 27.9. The van der Waals surface area contributed by atoms with Crippen molar-refractivity contribution in [1.29, 1.82) is 0 Å². The van der Waals surface area contributed by atoms with E-state index >= 15 is 0 Å². The topological polar surface area (TPSA) is 86.6 Å². The van der Waals surface area contributed by atoms with E-state index in [0.29, 0.717) is 11.8 Å². The summed E-state index contributed by atoms with van der Waals surface area (Å²) in [5, 5.41) is 20.8. The first-order chi connectivity index (χ1) is 12.2. The highest BCUT2D eigenvalue weighted by Gasteiger charge is 2.35. The number of halogens is 2. The molecule has 136 valence electrons. The number of rotatable bonds is 7. The summed E-state index contributed by atoms with van der Waals surface area (Å²) in [6.07, 6.45) is 0.387. The molecular formula is C18H18BF2NO4. The van der Waals surface area contributed by atoms with Crippen LogP contribution in [0, 0.1) is 0 Å². The van der Waals surface area contributed by atoms with Gasteiger partial charge in [-0.05, 0) is 23.2 Å². The van der Waals surface area contributed by atoms with Crippen LogP contribution in [0.4, 0.5) is 8.78 Å². The minimum atomic E-state index is -3.05. The highest BCUT2D eigenvalue weighted by atomic mass is 19.3. The largest absolute Gasteiger partial charge is 0.489 e. The van der Waals surface area contributed by atoms with Crippen molar-refractivity contribution < 1.29 is 28.4 Å². The first-order valence-electron chi connectivity index (χ1n) is 7.90. The standard InChI is InChI=1S/C18H18BF2NO4/c1-18(20,21)15(12-5-3-2-4-6-12)10-22-17(24)13-7-8-16(19(25)26)14(9-13)11-23/h2-9,11,15,25-26H,10H2,1H3,(H,22,24). The van der Waals surface area contributed by atoms with Gasteiger partial charge in [-0.1, -0.05) is 36.4 Å². The van der Waals surface area contributed by atoms with Crippen LogP contribution in [-0.2, 0) is 0 Å². The summed E-state index contributed by atoms with van der Waals surface area (Å²) in [4.78, 5) is 23.3. The maximum atomic E-state index is 13.9. The Bertz CT molecular complexity index is 779. The molecule has 26 heavy (non-hydrogen) atoms. The Morgan fingerprint density at radius 2 is 1.88 bits per heavy atom. The molecule has 1 amide bonds. The van der Waals surface area contributed by atoms with Crippen LogP contribution < -0.4 is 10.8 Å². The highest BCUT2D eigenvalue weighted by molar-refractivity contribution is 6.60. The van der Waals surface area contributed by atoms with E-state index in [9.17, 15) is 18.4 Å². The second-order valence-electron chi connectivity index (χ2n) is 5.96. The summed E-state index contributed by atoms with van der Waals surface area (Å²) in [5.41, 5.74) is 0.349. The molecule has 1 unspecified atom stereocenters. The highest BCUT2D eigenvalue weighted by Crippen LogP contribution is 2.32. The Labute approximate surface area is 149 Å². The van der Waals surface area contributed by atoms with Crippen LogP contribution >= 0.6 is 0 Å². The van der Waals surface area contributed by atoms with E-state index in [0.717, 1.165) is 6.92 Å². The van der Waals surface area contributed by atoms with E-state index < -0.39 is 24.9 Å². The average molecular weight is 361 g/mol. The molecule has 0 aliphatic carbocycles. The van der Waals surface area contributed by atoms with Gasteiger partial charge in [0, 0.05) is 24.6 Å². The predicted octanol–water partition coefficient (Wildman–Crippen LogP) is 1.35. The molecule has 0 saturated heterocycles. The number of aldehydes is 1. The normalized spacial score (nSPS) is 12.3. The quantitative estimate of drug-likeness (QED) is 0.513. The number of alkyl halides is 2. The van der Waals surface area contributed by atoms with Gasteiger partial charge in [-0.25, -0.2) is 8.78 Å². The van der Waals surface area contributed by atoms with E-state index in [-0.39, 0.29) is 23.1 Å². The molecule has 0 heterocycles. The second-order valence-corrected chi connectivity index (χ2v) is 5.96. The van der Waals surface area contributed by atoms with E-state index in [1.165, 1.54) is 18.2 Å². The molecule has 2 rings (SSSR count). The summed E-state index contributed by atoms with van der Waals surface area (Å²) >= 11 is 0. The third kappa shape index (κ3) is 4.74. The SMILES string of the molecule is CC(F)(F)C(CNC(=O)c1ccc(B(O)O)c(C=O)c1)c1ccccc1. The number of benzene rings is 2. The Kier molecular flexibility index (Phi) is 6.23. The zero-order valence-corrected chi connectivity index (χ0v) is 14.0. The lowest BCUT2D eigenvalue weighted by atomic mass is 9.77. The Morgan fingerprint density at radius 3 is 2.42 bits per heavy atom. The summed E-state index contributed by atoms with van der Waals surface area (Å²) in [5.74, 6) is -4.90. The lowest BCUT2D eigenvalue weighted by molar-refractivity contribution is -0.00728. The molecule has 2 aromatic rings. The predicted molar refractivity (Wildman–Crippen MR) is 93.8 cm³/mol. The van der Waals surface area contributed by atoms with Crippen LogP contribution in [0.15, 0.2) is 48.5 Å². The number of hydrogen-bond donors (Lipinski definition) is 3. The Balaban J connectivity index is 2.17. The summed E-state index contributed by atoms with van der Waals surface area (Å²) in [6, 6.07) is 11.8. The van der Waals surface area contributed by atoms with Crippen molar-refractivity contribution >= 4 is 24.8 Å². The Morgan fingerprint density at radius 1 is 1.23 bits per heavy atom. The van der Waals surface area contributed by atoms with Gasteiger partial charge in [-0.15, -0.1) is 0 Å². The molecule has 0 aromatic heterocycles. The van der Waals surface area contributed by atoms with Crippen LogP contribution in [0.2, 0.25) is 0 Å². The number of carbonyl (C=O) groups excluding carboxylic acids is 2. The average Bonchev–Trinajstić information content (AvgIpc) is 2.60. The first-order valence-corrected chi connectivity index (χ1v) is 7.90. The first kappa shape index (κ1) is 19.7. The van der Waals surface area contributed by atoms with Gasteiger partial charge in [0.1, 0.15) is 6.29 Å². The van der Waals surface area contributed by atoms with Crippen molar-refractivity contribution in [2.75, 3.05) is 6.54 Å². The van der Waals surface area contributed by atoms with Crippen LogP contribution in [0.3, 0.4) is 0 Å². The zero-order valence-electron chi connectivity index (χ0n) is 14.0. The minimum absolute atomic E-state index is 0.0428. The maximum Gasteiger partial charge on any atom is 0.489 e. The molecule has 0 fully saturated rings. The van der Waals surface area contributed by atoms with Gasteiger partial charge in [0.15, 0.2) is 0 Å². The van der Waals surface area contributed by atoms with Gasteiger partial charge in [0.25, 0.3) is 11.8 Å². The lowest BCUT2D eigenvalue weighted by Gasteiger charge is -2.24. The Hall–Kier alpha value is -2.58. The minimum Gasteiger partial charge on any atom is -0.423 e. The number of hydrogen-bond acceptors (Lipinski definition) is 4. The van der Waals surface area contributed by atoms with Crippen LogP contribution in [0.5, 0.6) is 0 Å². The molecule has 8 heteroatoms. The van der Waals surface area contributed by atoms with Crippen LogP contribution in [-0.4, -0.2) is 41.8 Å². The van der Waals surface area contributed by atoms with Crippen molar-refractivity contribution in [3.05, 3.63) is 65.2 Å². The van der Waals surface area contributed by atoms with E-state index in [2.05, 4.69) is 5.32 Å². The molecule has 0 radical (unpaired) electrons. The molecule has 1 atom stereocenters. The maximum absolute atomic E-state index is 13.9. The van der Waals surface area contributed by atoms with E-state index in [1.54, 1.807) is 30.3 Å². The number of carbonyl (C=O) groups is 2. The van der Waals surface area contributed by atoms with Gasteiger partial charge in [0.05, 0.1) is 5.92 Å². The molecule has 0 saturated carbocycles. The fraction of sp³-hybridized carbons (Fsp3) is 0.222. The van der Waals surface area contributed by atoms with Crippen molar-refractivity contribution in [3.8, 4) is 0 Å². The lowest BCUT2D eigenvalue weighted by Crippen LogP contribution is -2.36. The summed E-state index contributed by atoms with van der Waals surface area (Å²) in [7, 11) is -1.85. The van der Waals surface area contributed by atoms with Gasteiger partial charge >= 0.3 is 7.12 Å². The second kappa shape index (κ2) is 8.20. The molecule has 0 bridgehead atoms. The third-order valence-corrected chi connectivity index (χ3v) is 4.03. The van der Waals surface area contributed by atoms with Gasteiger partial charge < -0.3 is 15.4 Å². The molecule has 0 aliphatic rings. The molecule has 3 N–H and O–H groups in total. The van der Waals surface area contributed by atoms with Crippen molar-refractivity contribution in [1.82, 2.24) is 5.32 Å². The van der Waals surface area contributed by atoms with Crippen molar-refractivity contribution in [2.45, 2.75) is 18.8 Å². The van der Waals surface area contributed by atoms with Crippen molar-refractivity contribution in [3.63, 3.8) is 0 Å². The third-order valence-electron chi connectivity index (χ3n) is 4.03. The summed E-state index contributed by atoms with van der Waals surface area (Å²) in [6.45, 7) is 0.492. The van der Waals surface area contributed by atoms with Crippen LogP contribution in [0.1, 0.15) is 39.1 Å². The van der Waals surface area contributed by atoms with Gasteiger partial charge in [-0.2, -0.15) is 0 Å². The zero-order chi connectivity index (χ0) is 19.3. The van der Waals surface area contributed by atoms with Crippen LogP contribution in [0.25, 0.3) is 0 Å². The number of amides is 1. The monoisotopic (exact) mass is 361 g/mol. The van der Waals surface area contributed by atoms with E-state index in [4.69, 9.17) is 10.0 Å². The molecule has 2 aromatic carbocycles. The molecule has 5 nitrogen and oxygen atoms in total. The number of nitrogens with one attached hydrogen (secondary N) is 1. The van der Waals surface area contributed by atoms with E-state index in [1.807, 2.05) is 0 Å². The van der Waals surface area contributed by atoms with Gasteiger partial charge in [-0.3, -0.25) is 9.59 Å². The molecule has 0 spiro atoms.